The van der Waals surface area contributed by atoms with Crippen molar-refractivity contribution in [1.29, 1.82) is 0 Å². The van der Waals surface area contributed by atoms with Crippen LogP contribution in [0.15, 0.2) is 29.2 Å². The lowest BCUT2D eigenvalue weighted by molar-refractivity contribution is -0.122. The van der Waals surface area contributed by atoms with E-state index in [1.54, 1.807) is 0 Å². The summed E-state index contributed by atoms with van der Waals surface area (Å²) in [6.45, 7) is 6.28. The van der Waals surface area contributed by atoms with Crippen LogP contribution in [0.4, 0.5) is 0 Å². The maximum atomic E-state index is 12.6. The Labute approximate surface area is 166 Å². The highest BCUT2D eigenvalue weighted by Crippen LogP contribution is 2.15. The molecule has 1 atom stereocenters. The molecule has 0 aromatic heterocycles. The molecule has 0 spiro atoms. The Morgan fingerprint density at radius 2 is 2.00 bits per heavy atom. The molecule has 1 unspecified atom stereocenters. The molecule has 1 saturated heterocycles. The molecule has 156 valence electrons. The van der Waals surface area contributed by atoms with Gasteiger partial charge in [-0.3, -0.25) is 9.59 Å². The molecule has 1 aliphatic rings. The average Bonchev–Trinajstić information content (AvgIpc) is 3.11. The van der Waals surface area contributed by atoms with Crippen LogP contribution >= 0.6 is 0 Å². The zero-order valence-corrected chi connectivity index (χ0v) is 17.6. The maximum absolute atomic E-state index is 12.6. The van der Waals surface area contributed by atoms with Crippen LogP contribution in [-0.2, 0) is 19.6 Å². The predicted molar refractivity (Wildman–Crippen MR) is 105 cm³/mol. The van der Waals surface area contributed by atoms with E-state index in [-0.39, 0.29) is 35.6 Å². The first-order valence-corrected chi connectivity index (χ1v) is 10.7. The SMILES string of the molecule is CN(CC(=O)NC(C)(C)C)C(=O)c1cccc(S(=O)(=O)NCC2CCCO2)c1. The fourth-order valence-electron chi connectivity index (χ4n) is 2.85. The average molecular weight is 412 g/mol. The van der Waals surface area contributed by atoms with Gasteiger partial charge >= 0.3 is 0 Å². The standard InChI is InChI=1S/C19H29N3O5S/c1-19(2,3)21-17(23)13-22(4)18(24)14-7-5-9-16(11-14)28(25,26)20-12-15-8-6-10-27-15/h5,7,9,11,15,20H,6,8,10,12-13H2,1-4H3,(H,21,23). The molecule has 0 saturated carbocycles. The lowest BCUT2D eigenvalue weighted by Gasteiger charge is -2.23. The molecule has 9 heteroatoms. The molecule has 2 N–H and O–H groups in total. The van der Waals surface area contributed by atoms with Gasteiger partial charge in [-0.25, -0.2) is 13.1 Å². The highest BCUT2D eigenvalue weighted by molar-refractivity contribution is 7.89. The minimum atomic E-state index is -3.76. The zero-order chi connectivity index (χ0) is 20.9. The molecule has 1 aromatic rings. The predicted octanol–water partition coefficient (Wildman–Crippen LogP) is 1.13. The third-order valence-corrected chi connectivity index (χ3v) is 5.58. The first kappa shape index (κ1) is 22.3. The van der Waals surface area contributed by atoms with Crippen molar-refractivity contribution in [2.75, 3.05) is 26.7 Å². The van der Waals surface area contributed by atoms with Crippen LogP contribution in [0.5, 0.6) is 0 Å². The van der Waals surface area contributed by atoms with Crippen LogP contribution in [0.2, 0.25) is 0 Å². The minimum absolute atomic E-state index is 0.00360. The van der Waals surface area contributed by atoms with Crippen molar-refractivity contribution >= 4 is 21.8 Å². The highest BCUT2D eigenvalue weighted by atomic mass is 32.2. The Morgan fingerprint density at radius 1 is 1.29 bits per heavy atom. The summed E-state index contributed by atoms with van der Waals surface area (Å²) >= 11 is 0. The van der Waals surface area contributed by atoms with E-state index < -0.39 is 21.5 Å². The Bertz CT molecular complexity index is 811. The third kappa shape index (κ3) is 6.57. The molecule has 28 heavy (non-hydrogen) atoms. The summed E-state index contributed by atoms with van der Waals surface area (Å²) < 4.78 is 33.0. The van der Waals surface area contributed by atoms with E-state index in [1.807, 2.05) is 20.8 Å². The molecule has 2 amide bonds. The van der Waals surface area contributed by atoms with Crippen LogP contribution in [0.1, 0.15) is 44.0 Å². The third-order valence-electron chi connectivity index (χ3n) is 4.16. The summed E-state index contributed by atoms with van der Waals surface area (Å²) in [5.41, 5.74) is -0.199. The first-order valence-electron chi connectivity index (χ1n) is 9.26. The second-order valence-corrected chi connectivity index (χ2v) is 9.74. The van der Waals surface area contributed by atoms with Gasteiger partial charge in [-0.2, -0.15) is 0 Å². The summed E-state index contributed by atoms with van der Waals surface area (Å²) in [6.07, 6.45) is 1.63. The van der Waals surface area contributed by atoms with E-state index in [9.17, 15) is 18.0 Å². The van der Waals surface area contributed by atoms with Crippen molar-refractivity contribution in [3.05, 3.63) is 29.8 Å². The number of amides is 2. The molecule has 2 rings (SSSR count). The van der Waals surface area contributed by atoms with Gasteiger partial charge in [0.2, 0.25) is 15.9 Å². The van der Waals surface area contributed by atoms with Gasteiger partial charge in [0.15, 0.2) is 0 Å². The Kier molecular flexibility index (Phi) is 7.19. The topological polar surface area (TPSA) is 105 Å². The number of nitrogens with zero attached hydrogens (tertiary/aromatic N) is 1. The van der Waals surface area contributed by atoms with Crippen molar-refractivity contribution < 1.29 is 22.7 Å². The van der Waals surface area contributed by atoms with Crippen LogP contribution in [0.3, 0.4) is 0 Å². The molecule has 1 aliphatic heterocycles. The highest BCUT2D eigenvalue weighted by Gasteiger charge is 2.23. The maximum Gasteiger partial charge on any atom is 0.254 e. The summed E-state index contributed by atoms with van der Waals surface area (Å²) in [4.78, 5) is 25.9. The molecule has 0 bridgehead atoms. The molecule has 0 aliphatic carbocycles. The van der Waals surface area contributed by atoms with Gasteiger partial charge in [-0.1, -0.05) is 6.07 Å². The summed E-state index contributed by atoms with van der Waals surface area (Å²) in [6, 6.07) is 5.79. The van der Waals surface area contributed by atoms with Gasteiger partial charge in [-0.05, 0) is 51.8 Å². The van der Waals surface area contributed by atoms with Crippen LogP contribution in [0, 0.1) is 0 Å². The molecule has 1 aromatic carbocycles. The Morgan fingerprint density at radius 3 is 2.61 bits per heavy atom. The van der Waals surface area contributed by atoms with Crippen molar-refractivity contribution in [2.24, 2.45) is 0 Å². The number of likely N-dealkylation sites (N-methyl/N-ethyl adjacent to an activating group) is 1. The summed E-state index contributed by atoms with van der Waals surface area (Å²) in [7, 11) is -2.26. The molecule has 0 radical (unpaired) electrons. The van der Waals surface area contributed by atoms with E-state index >= 15 is 0 Å². The number of carbonyl (C=O) groups is 2. The quantitative estimate of drug-likeness (QED) is 0.700. The van der Waals surface area contributed by atoms with Gasteiger partial charge in [0.25, 0.3) is 5.91 Å². The number of nitrogens with one attached hydrogen (secondary N) is 2. The molecule has 1 fully saturated rings. The van der Waals surface area contributed by atoms with E-state index in [0.717, 1.165) is 12.8 Å². The summed E-state index contributed by atoms with van der Waals surface area (Å²) in [5, 5.41) is 2.78. The van der Waals surface area contributed by atoms with E-state index in [0.29, 0.717) is 6.61 Å². The molecular formula is C19H29N3O5S. The number of hydrogen-bond donors (Lipinski definition) is 2. The first-order chi connectivity index (χ1) is 13.0. The Hall–Kier alpha value is -1.97. The zero-order valence-electron chi connectivity index (χ0n) is 16.8. The minimum Gasteiger partial charge on any atom is -0.377 e. The fraction of sp³-hybridized carbons (Fsp3) is 0.579. The number of ether oxygens (including phenoxy) is 1. The van der Waals surface area contributed by atoms with E-state index in [1.165, 1.54) is 36.2 Å². The number of sulfonamides is 1. The Balaban J connectivity index is 2.04. The van der Waals surface area contributed by atoms with Crippen molar-refractivity contribution in [3.63, 3.8) is 0 Å². The number of rotatable bonds is 7. The van der Waals surface area contributed by atoms with Gasteiger partial charge in [0, 0.05) is 31.3 Å². The normalized spacial score (nSPS) is 17.4. The number of hydrogen-bond acceptors (Lipinski definition) is 5. The van der Waals surface area contributed by atoms with Crippen molar-refractivity contribution in [3.8, 4) is 0 Å². The van der Waals surface area contributed by atoms with Gasteiger partial charge < -0.3 is 15.0 Å². The monoisotopic (exact) mass is 411 g/mol. The molecule has 8 nitrogen and oxygen atoms in total. The lowest BCUT2D eigenvalue weighted by Crippen LogP contribution is -2.46. The van der Waals surface area contributed by atoms with Gasteiger partial charge in [0.1, 0.15) is 0 Å². The number of benzene rings is 1. The van der Waals surface area contributed by atoms with Crippen LogP contribution in [0.25, 0.3) is 0 Å². The largest absolute Gasteiger partial charge is 0.377 e. The van der Waals surface area contributed by atoms with Gasteiger partial charge in [-0.15, -0.1) is 0 Å². The van der Waals surface area contributed by atoms with Crippen LogP contribution in [-0.4, -0.2) is 63.5 Å². The van der Waals surface area contributed by atoms with Crippen LogP contribution < -0.4 is 10.0 Å². The van der Waals surface area contributed by atoms with E-state index in [2.05, 4.69) is 10.0 Å². The van der Waals surface area contributed by atoms with Crippen molar-refractivity contribution in [1.82, 2.24) is 14.9 Å². The summed E-state index contributed by atoms with van der Waals surface area (Å²) in [5.74, 6) is -0.717. The second-order valence-electron chi connectivity index (χ2n) is 7.97. The van der Waals surface area contributed by atoms with Gasteiger partial charge in [0.05, 0.1) is 17.5 Å². The molecular weight excluding hydrogens is 382 g/mol. The van der Waals surface area contributed by atoms with E-state index in [4.69, 9.17) is 4.74 Å². The smallest absolute Gasteiger partial charge is 0.254 e. The van der Waals surface area contributed by atoms with Crippen molar-refractivity contribution in [2.45, 2.75) is 50.2 Å². The lowest BCUT2D eigenvalue weighted by atomic mass is 10.1. The molecule has 1 heterocycles. The fourth-order valence-corrected chi connectivity index (χ4v) is 3.96. The second kappa shape index (κ2) is 9.02. The number of carbonyl (C=O) groups excluding carboxylic acids is 2.